The maximum atomic E-state index is 11.8. The number of nitrogens with one attached hydrogen (secondary N) is 3. The molecule has 6 nitrogen and oxygen atoms in total. The predicted molar refractivity (Wildman–Crippen MR) is 81.7 cm³/mol. The number of ether oxygens (including phenoxy) is 1. The van der Waals surface area contributed by atoms with Crippen molar-refractivity contribution >= 4 is 24.3 Å². The molecule has 0 atom stereocenters. The largest absolute Gasteiger partial charge is 0.497 e. The number of hydrogen-bond donors (Lipinski definition) is 4. The van der Waals surface area contributed by atoms with E-state index in [1.807, 2.05) is 0 Å². The zero-order valence-corrected chi connectivity index (χ0v) is 12.3. The maximum Gasteiger partial charge on any atom is 0.251 e. The fourth-order valence-corrected chi connectivity index (χ4v) is 1.52. The molecular formula is C13H21ClN4O2. The second-order valence-corrected chi connectivity index (χ2v) is 4.03. The van der Waals surface area contributed by atoms with E-state index in [-0.39, 0.29) is 24.3 Å². The number of unbranched alkanes of at least 4 members (excludes halogenated alkanes) is 1. The van der Waals surface area contributed by atoms with Crippen LogP contribution in [0.5, 0.6) is 5.75 Å². The van der Waals surface area contributed by atoms with Crippen LogP contribution in [0, 0.1) is 5.41 Å². The zero-order chi connectivity index (χ0) is 14.1. The highest BCUT2D eigenvalue weighted by molar-refractivity contribution is 5.94. The van der Waals surface area contributed by atoms with Crippen LogP contribution in [0.3, 0.4) is 0 Å². The molecule has 1 amide bonds. The van der Waals surface area contributed by atoms with Gasteiger partial charge in [0.25, 0.3) is 5.91 Å². The van der Waals surface area contributed by atoms with E-state index in [1.54, 1.807) is 31.4 Å². The van der Waals surface area contributed by atoms with E-state index in [4.69, 9.17) is 15.9 Å². The lowest BCUT2D eigenvalue weighted by Crippen LogP contribution is -2.31. The van der Waals surface area contributed by atoms with Gasteiger partial charge < -0.3 is 21.1 Å². The molecule has 1 rings (SSSR count). The third-order valence-electron chi connectivity index (χ3n) is 2.56. The second-order valence-electron chi connectivity index (χ2n) is 4.03. The Hall–Kier alpha value is -1.95. The third kappa shape index (κ3) is 6.84. The predicted octanol–water partition coefficient (Wildman–Crippen LogP) is 1.11. The van der Waals surface area contributed by atoms with Gasteiger partial charge in [0, 0.05) is 18.7 Å². The van der Waals surface area contributed by atoms with Crippen molar-refractivity contribution in [3.63, 3.8) is 0 Å². The molecule has 0 radical (unpaired) electrons. The van der Waals surface area contributed by atoms with Gasteiger partial charge in [-0.1, -0.05) is 0 Å². The number of halogens is 1. The topological polar surface area (TPSA) is 100 Å². The zero-order valence-electron chi connectivity index (χ0n) is 11.4. The number of benzene rings is 1. The van der Waals surface area contributed by atoms with Gasteiger partial charge in [-0.3, -0.25) is 10.2 Å². The van der Waals surface area contributed by atoms with Crippen molar-refractivity contribution in [2.24, 2.45) is 5.73 Å². The summed E-state index contributed by atoms with van der Waals surface area (Å²) >= 11 is 0. The van der Waals surface area contributed by atoms with Gasteiger partial charge in [0.2, 0.25) is 0 Å². The molecule has 0 unspecified atom stereocenters. The summed E-state index contributed by atoms with van der Waals surface area (Å²) in [5.74, 6) is 0.608. The van der Waals surface area contributed by atoms with E-state index in [2.05, 4.69) is 10.6 Å². The number of carbonyl (C=O) groups excluding carboxylic acids is 1. The second kappa shape index (κ2) is 9.91. The minimum atomic E-state index is -0.0952. The van der Waals surface area contributed by atoms with Crippen molar-refractivity contribution in [3.8, 4) is 5.75 Å². The molecule has 0 fully saturated rings. The molecule has 0 aromatic heterocycles. The number of rotatable bonds is 7. The Kier molecular flexibility index (Phi) is 8.95. The number of guanidine groups is 1. The molecule has 1 aromatic rings. The standard InChI is InChI=1S/C13H20N4O2.ClH/c1-19-11-6-4-10(5-7-11)12(18)16-8-2-3-9-17-13(14)15;/h4-7H,2-3,8-9H2,1H3,(H,16,18)(H4,14,15,17);1H. The molecule has 1 aromatic carbocycles. The number of amides is 1. The SMILES string of the molecule is COc1ccc(C(=O)NCCCCNC(=N)N)cc1.Cl. The van der Waals surface area contributed by atoms with Gasteiger partial charge in [-0.15, -0.1) is 12.4 Å². The van der Waals surface area contributed by atoms with Crippen molar-refractivity contribution in [1.82, 2.24) is 10.6 Å². The summed E-state index contributed by atoms with van der Waals surface area (Å²) in [7, 11) is 1.59. The first-order valence-electron chi connectivity index (χ1n) is 6.13. The number of carbonyl (C=O) groups is 1. The minimum Gasteiger partial charge on any atom is -0.497 e. The first kappa shape index (κ1) is 18.0. The molecule has 7 heteroatoms. The van der Waals surface area contributed by atoms with Crippen molar-refractivity contribution in [3.05, 3.63) is 29.8 Å². The van der Waals surface area contributed by atoms with Crippen LogP contribution in [0.15, 0.2) is 24.3 Å². The van der Waals surface area contributed by atoms with E-state index < -0.39 is 0 Å². The minimum absolute atomic E-state index is 0. The molecule has 5 N–H and O–H groups in total. The number of hydrogen-bond acceptors (Lipinski definition) is 3. The molecule has 0 aliphatic carbocycles. The Morgan fingerprint density at radius 1 is 1.20 bits per heavy atom. The quantitative estimate of drug-likeness (QED) is 0.344. The maximum absolute atomic E-state index is 11.8. The summed E-state index contributed by atoms with van der Waals surface area (Å²) in [5.41, 5.74) is 5.76. The van der Waals surface area contributed by atoms with Crippen molar-refractivity contribution < 1.29 is 9.53 Å². The van der Waals surface area contributed by atoms with Gasteiger partial charge in [-0.05, 0) is 37.1 Å². The van der Waals surface area contributed by atoms with Crippen LogP contribution < -0.4 is 21.1 Å². The van der Waals surface area contributed by atoms with Gasteiger partial charge >= 0.3 is 0 Å². The van der Waals surface area contributed by atoms with Crippen molar-refractivity contribution in [2.75, 3.05) is 20.2 Å². The summed E-state index contributed by atoms with van der Waals surface area (Å²) in [5, 5.41) is 12.5. The normalized spacial score (nSPS) is 9.25. The van der Waals surface area contributed by atoms with Crippen LogP contribution in [0.25, 0.3) is 0 Å². The Bertz CT molecular complexity index is 423. The highest BCUT2D eigenvalue weighted by atomic mass is 35.5. The van der Waals surface area contributed by atoms with Gasteiger partial charge in [-0.25, -0.2) is 0 Å². The molecule has 0 spiro atoms. The van der Waals surface area contributed by atoms with E-state index in [9.17, 15) is 4.79 Å². The molecule has 0 bridgehead atoms. The summed E-state index contributed by atoms with van der Waals surface area (Å²) in [6.07, 6.45) is 1.69. The molecule has 0 saturated carbocycles. The van der Waals surface area contributed by atoms with Crippen molar-refractivity contribution in [2.45, 2.75) is 12.8 Å². The van der Waals surface area contributed by atoms with Gasteiger partial charge in [-0.2, -0.15) is 0 Å². The summed E-state index contributed by atoms with van der Waals surface area (Å²) in [6, 6.07) is 6.97. The highest BCUT2D eigenvalue weighted by Crippen LogP contribution is 2.10. The molecular weight excluding hydrogens is 280 g/mol. The Morgan fingerprint density at radius 3 is 2.25 bits per heavy atom. The molecule has 20 heavy (non-hydrogen) atoms. The first-order valence-corrected chi connectivity index (χ1v) is 6.13. The highest BCUT2D eigenvalue weighted by Gasteiger charge is 2.04. The fraction of sp³-hybridized carbons (Fsp3) is 0.385. The molecule has 0 aliphatic heterocycles. The van der Waals surface area contributed by atoms with Crippen LogP contribution in [-0.2, 0) is 0 Å². The lowest BCUT2D eigenvalue weighted by Gasteiger charge is -2.06. The van der Waals surface area contributed by atoms with Crippen LogP contribution in [0.2, 0.25) is 0 Å². The lowest BCUT2D eigenvalue weighted by molar-refractivity contribution is 0.0953. The average Bonchev–Trinajstić information content (AvgIpc) is 2.42. The monoisotopic (exact) mass is 300 g/mol. The Labute approximate surface area is 125 Å². The summed E-state index contributed by atoms with van der Waals surface area (Å²) < 4.78 is 5.03. The van der Waals surface area contributed by atoms with Crippen LogP contribution in [-0.4, -0.2) is 32.1 Å². The van der Waals surface area contributed by atoms with Crippen LogP contribution in [0.4, 0.5) is 0 Å². The Balaban J connectivity index is 0.00000361. The molecule has 112 valence electrons. The smallest absolute Gasteiger partial charge is 0.251 e. The van der Waals surface area contributed by atoms with Crippen LogP contribution >= 0.6 is 12.4 Å². The average molecular weight is 301 g/mol. The van der Waals surface area contributed by atoms with E-state index in [1.165, 1.54) is 0 Å². The van der Waals surface area contributed by atoms with E-state index in [0.717, 1.165) is 18.6 Å². The summed E-state index contributed by atoms with van der Waals surface area (Å²) in [4.78, 5) is 11.8. The van der Waals surface area contributed by atoms with Gasteiger partial charge in [0.1, 0.15) is 5.75 Å². The van der Waals surface area contributed by atoms with Crippen LogP contribution in [0.1, 0.15) is 23.2 Å². The fourth-order valence-electron chi connectivity index (χ4n) is 1.52. The van der Waals surface area contributed by atoms with Gasteiger partial charge in [0.05, 0.1) is 7.11 Å². The number of methoxy groups -OCH3 is 1. The van der Waals surface area contributed by atoms with E-state index in [0.29, 0.717) is 18.7 Å². The van der Waals surface area contributed by atoms with Crippen molar-refractivity contribution in [1.29, 1.82) is 5.41 Å². The molecule has 0 saturated heterocycles. The first-order chi connectivity index (χ1) is 9.13. The molecule has 0 heterocycles. The molecule has 0 aliphatic rings. The number of nitrogens with two attached hydrogens (primary N) is 1. The summed E-state index contributed by atoms with van der Waals surface area (Å²) in [6.45, 7) is 1.25. The van der Waals surface area contributed by atoms with Gasteiger partial charge in [0.15, 0.2) is 5.96 Å². The third-order valence-corrected chi connectivity index (χ3v) is 2.56. The lowest BCUT2D eigenvalue weighted by atomic mass is 10.2. The Morgan fingerprint density at radius 2 is 1.75 bits per heavy atom. The van der Waals surface area contributed by atoms with E-state index >= 15 is 0 Å².